The predicted molar refractivity (Wildman–Crippen MR) is 106 cm³/mol. The number of hydrogen-bond donors (Lipinski definition) is 1. The fourth-order valence-electron chi connectivity index (χ4n) is 4.85. The molecule has 1 saturated carbocycles. The monoisotopic (exact) mass is 372 g/mol. The normalized spacial score (nSPS) is 27.4. The van der Waals surface area contributed by atoms with Gasteiger partial charge in [-0.25, -0.2) is 4.90 Å². The van der Waals surface area contributed by atoms with Crippen molar-refractivity contribution in [3.8, 4) is 0 Å². The summed E-state index contributed by atoms with van der Waals surface area (Å²) in [5, 5.41) is 2.89. The Bertz CT molecular complexity index is 1010. The van der Waals surface area contributed by atoms with Gasteiger partial charge in [-0.15, -0.1) is 0 Å². The number of benzene rings is 2. The molecule has 5 nitrogen and oxygen atoms in total. The van der Waals surface area contributed by atoms with Crippen LogP contribution in [-0.2, 0) is 9.59 Å². The van der Waals surface area contributed by atoms with Crippen molar-refractivity contribution in [3.05, 3.63) is 71.8 Å². The van der Waals surface area contributed by atoms with Crippen LogP contribution in [0.1, 0.15) is 22.3 Å². The van der Waals surface area contributed by atoms with Gasteiger partial charge in [0.25, 0.3) is 5.91 Å². The largest absolute Gasteiger partial charge is 0.322 e. The lowest BCUT2D eigenvalue weighted by molar-refractivity contribution is -0.123. The second-order valence-electron chi connectivity index (χ2n) is 7.83. The van der Waals surface area contributed by atoms with Gasteiger partial charge in [0.1, 0.15) is 0 Å². The van der Waals surface area contributed by atoms with Gasteiger partial charge in [-0.2, -0.15) is 0 Å². The summed E-state index contributed by atoms with van der Waals surface area (Å²) in [7, 11) is 0. The summed E-state index contributed by atoms with van der Waals surface area (Å²) in [6, 6.07) is 14.3. The van der Waals surface area contributed by atoms with Crippen molar-refractivity contribution in [1.29, 1.82) is 0 Å². The van der Waals surface area contributed by atoms with Gasteiger partial charge in [0.15, 0.2) is 0 Å². The minimum absolute atomic E-state index is 0.136. The van der Waals surface area contributed by atoms with Crippen LogP contribution in [0, 0.1) is 30.6 Å². The summed E-state index contributed by atoms with van der Waals surface area (Å²) >= 11 is 0. The van der Waals surface area contributed by atoms with Gasteiger partial charge >= 0.3 is 0 Å². The average Bonchev–Trinajstić information content (AvgIpc) is 3.37. The van der Waals surface area contributed by atoms with E-state index in [0.29, 0.717) is 11.3 Å². The van der Waals surface area contributed by atoms with Gasteiger partial charge in [0.2, 0.25) is 11.8 Å². The molecule has 1 aliphatic heterocycles. The molecule has 2 fully saturated rings. The van der Waals surface area contributed by atoms with Crippen LogP contribution in [-0.4, -0.2) is 17.7 Å². The maximum absolute atomic E-state index is 13.0. The van der Waals surface area contributed by atoms with Crippen LogP contribution in [0.4, 0.5) is 11.4 Å². The van der Waals surface area contributed by atoms with Crippen LogP contribution in [0.3, 0.4) is 0 Å². The molecule has 28 heavy (non-hydrogen) atoms. The van der Waals surface area contributed by atoms with Crippen LogP contribution in [0.5, 0.6) is 0 Å². The number of carbonyl (C=O) groups is 3. The highest BCUT2D eigenvalue weighted by atomic mass is 16.2. The fourth-order valence-corrected chi connectivity index (χ4v) is 4.85. The first-order valence-corrected chi connectivity index (χ1v) is 9.58. The van der Waals surface area contributed by atoms with Crippen LogP contribution >= 0.6 is 0 Å². The highest BCUT2D eigenvalue weighted by Gasteiger charge is 2.59. The number of imide groups is 1. The Kier molecular flexibility index (Phi) is 3.72. The summed E-state index contributed by atoms with van der Waals surface area (Å²) in [4.78, 5) is 39.9. The van der Waals surface area contributed by atoms with Crippen molar-refractivity contribution in [2.45, 2.75) is 13.3 Å². The van der Waals surface area contributed by atoms with Crippen molar-refractivity contribution in [3.63, 3.8) is 0 Å². The third-order valence-electron chi connectivity index (χ3n) is 6.23. The number of aryl methyl sites for hydroxylation is 1. The summed E-state index contributed by atoms with van der Waals surface area (Å²) in [5.74, 6) is -0.685. The summed E-state index contributed by atoms with van der Waals surface area (Å²) in [6.07, 6.45) is 5.05. The van der Waals surface area contributed by atoms with E-state index in [4.69, 9.17) is 0 Å². The zero-order valence-electron chi connectivity index (χ0n) is 15.5. The lowest BCUT2D eigenvalue weighted by Crippen LogP contribution is -2.33. The van der Waals surface area contributed by atoms with E-state index in [-0.39, 0.29) is 41.4 Å². The van der Waals surface area contributed by atoms with Gasteiger partial charge in [-0.05, 0) is 55.0 Å². The molecule has 4 atom stereocenters. The van der Waals surface area contributed by atoms with Crippen LogP contribution in [0.15, 0.2) is 60.7 Å². The lowest BCUT2D eigenvalue weighted by atomic mass is 9.85. The molecule has 140 valence electrons. The molecular weight excluding hydrogens is 352 g/mol. The summed E-state index contributed by atoms with van der Waals surface area (Å²) in [5.41, 5.74) is 2.59. The van der Waals surface area contributed by atoms with Gasteiger partial charge < -0.3 is 5.32 Å². The highest BCUT2D eigenvalue weighted by molar-refractivity contribution is 6.23. The molecule has 5 rings (SSSR count). The third-order valence-corrected chi connectivity index (χ3v) is 6.23. The zero-order valence-corrected chi connectivity index (χ0v) is 15.5. The van der Waals surface area contributed by atoms with Crippen LogP contribution < -0.4 is 10.2 Å². The van der Waals surface area contributed by atoms with E-state index in [1.807, 2.05) is 31.2 Å². The number of allylic oxidation sites excluding steroid dienone is 2. The molecule has 1 heterocycles. The molecule has 1 N–H and O–H groups in total. The van der Waals surface area contributed by atoms with Crippen LogP contribution in [0.2, 0.25) is 0 Å². The Hall–Kier alpha value is -3.21. The summed E-state index contributed by atoms with van der Waals surface area (Å²) in [6.45, 7) is 1.93. The molecule has 0 aromatic heterocycles. The second kappa shape index (κ2) is 6.16. The number of nitrogens with one attached hydrogen (secondary N) is 1. The minimum atomic E-state index is -0.267. The number of rotatable bonds is 3. The minimum Gasteiger partial charge on any atom is -0.322 e. The van der Waals surface area contributed by atoms with E-state index < -0.39 is 0 Å². The Morgan fingerprint density at radius 3 is 2.32 bits per heavy atom. The molecule has 2 bridgehead atoms. The smallest absolute Gasteiger partial charge is 0.255 e. The van der Waals surface area contributed by atoms with Gasteiger partial charge in [-0.3, -0.25) is 14.4 Å². The van der Waals surface area contributed by atoms with Crippen molar-refractivity contribution in [2.75, 3.05) is 10.2 Å². The van der Waals surface area contributed by atoms with E-state index in [1.54, 1.807) is 24.3 Å². The molecule has 0 unspecified atom stereocenters. The molecule has 2 aromatic rings. The molecular formula is C23H20N2O3. The van der Waals surface area contributed by atoms with Crippen LogP contribution in [0.25, 0.3) is 0 Å². The molecule has 3 amide bonds. The second-order valence-corrected chi connectivity index (χ2v) is 7.83. The quantitative estimate of drug-likeness (QED) is 0.662. The van der Waals surface area contributed by atoms with Crippen molar-refractivity contribution >= 4 is 29.1 Å². The molecule has 3 aliphatic rings. The SMILES string of the molecule is Cc1ccccc1NC(=O)c1cccc(N2C(=O)[C@@H]3[C@H](C2=O)[C@H]2C=C[C@H]3C2)c1. The first-order valence-electron chi connectivity index (χ1n) is 9.58. The molecule has 1 saturated heterocycles. The van der Waals surface area contributed by atoms with E-state index >= 15 is 0 Å². The summed E-state index contributed by atoms with van der Waals surface area (Å²) < 4.78 is 0. The maximum Gasteiger partial charge on any atom is 0.255 e. The van der Waals surface area contributed by atoms with E-state index in [0.717, 1.165) is 17.7 Å². The van der Waals surface area contributed by atoms with Gasteiger partial charge in [0, 0.05) is 11.3 Å². The number of amides is 3. The van der Waals surface area contributed by atoms with E-state index in [9.17, 15) is 14.4 Å². The Morgan fingerprint density at radius 1 is 0.964 bits per heavy atom. The Labute approximate surface area is 163 Å². The zero-order chi connectivity index (χ0) is 19.4. The Balaban J connectivity index is 1.42. The number of carbonyl (C=O) groups excluding carboxylic acids is 3. The maximum atomic E-state index is 13.0. The van der Waals surface area contributed by atoms with Crippen molar-refractivity contribution in [2.24, 2.45) is 23.7 Å². The Morgan fingerprint density at radius 2 is 1.64 bits per heavy atom. The number of anilines is 2. The first kappa shape index (κ1) is 16.9. The topological polar surface area (TPSA) is 66.5 Å². The average molecular weight is 372 g/mol. The van der Waals surface area contributed by atoms with Crippen molar-refractivity contribution < 1.29 is 14.4 Å². The standard InChI is InChI=1S/C23H20N2O3/c1-13-5-2-3-8-18(13)24-21(26)16-6-4-7-17(12-16)25-22(27)19-14-9-10-15(11-14)20(19)23(25)28/h2-10,12,14-15,19-20H,11H2,1H3,(H,24,26)/t14-,15-,19-,20+/m0/s1. The van der Waals surface area contributed by atoms with Crippen molar-refractivity contribution in [1.82, 2.24) is 0 Å². The fraction of sp³-hybridized carbons (Fsp3) is 0.261. The molecule has 0 spiro atoms. The lowest BCUT2D eigenvalue weighted by Gasteiger charge is -2.18. The predicted octanol–water partition coefficient (Wildman–Crippen LogP) is 3.56. The van der Waals surface area contributed by atoms with Gasteiger partial charge in [0.05, 0.1) is 17.5 Å². The number of nitrogens with zero attached hydrogens (tertiary/aromatic N) is 1. The highest BCUT2D eigenvalue weighted by Crippen LogP contribution is 2.53. The third kappa shape index (κ3) is 2.43. The number of fused-ring (bicyclic) bond motifs is 5. The molecule has 2 aliphatic carbocycles. The molecule has 2 aromatic carbocycles. The van der Waals surface area contributed by atoms with E-state index in [2.05, 4.69) is 17.5 Å². The molecule has 5 heteroatoms. The number of para-hydroxylation sites is 1. The molecule has 0 radical (unpaired) electrons. The first-order chi connectivity index (χ1) is 13.5. The van der Waals surface area contributed by atoms with E-state index in [1.165, 1.54) is 4.90 Å². The number of hydrogen-bond acceptors (Lipinski definition) is 3. The van der Waals surface area contributed by atoms with Gasteiger partial charge in [-0.1, -0.05) is 36.4 Å².